The molecule has 1 atom stereocenters. The number of hydrogen-bond donors (Lipinski definition) is 0. The third-order valence-corrected chi connectivity index (χ3v) is 5.08. The summed E-state index contributed by atoms with van der Waals surface area (Å²) in [7, 11) is -1.66. The van der Waals surface area contributed by atoms with Crippen LogP contribution in [0.2, 0.25) is 0 Å². The van der Waals surface area contributed by atoms with Crippen molar-refractivity contribution in [2.75, 3.05) is 13.2 Å². The SMILES string of the molecule is CCCC(/N=C(/C)CC(C)C)[SiH](OCC)OCC. The van der Waals surface area contributed by atoms with E-state index in [0.717, 1.165) is 32.5 Å². The summed E-state index contributed by atoms with van der Waals surface area (Å²) in [5, 5.41) is 0. The predicted octanol–water partition coefficient (Wildman–Crippen LogP) is 3.49. The first-order valence-electron chi connectivity index (χ1n) is 7.31. The van der Waals surface area contributed by atoms with E-state index in [1.54, 1.807) is 0 Å². The Kier molecular flexibility index (Phi) is 10.6. The van der Waals surface area contributed by atoms with Crippen LogP contribution in [0.15, 0.2) is 4.99 Å². The Morgan fingerprint density at radius 1 is 1.11 bits per heavy atom. The van der Waals surface area contributed by atoms with Crippen LogP contribution in [0, 0.1) is 5.92 Å². The minimum absolute atomic E-state index is 0.272. The Morgan fingerprint density at radius 2 is 1.67 bits per heavy atom. The van der Waals surface area contributed by atoms with Gasteiger partial charge in [0.05, 0.1) is 5.67 Å². The van der Waals surface area contributed by atoms with Gasteiger partial charge in [-0.1, -0.05) is 27.2 Å². The molecule has 0 aliphatic carbocycles. The van der Waals surface area contributed by atoms with Gasteiger partial charge in [0.2, 0.25) is 0 Å². The molecule has 1 unspecified atom stereocenters. The van der Waals surface area contributed by atoms with Gasteiger partial charge in [-0.05, 0) is 39.5 Å². The average molecular weight is 273 g/mol. The summed E-state index contributed by atoms with van der Waals surface area (Å²) in [6.45, 7) is 14.3. The predicted molar refractivity (Wildman–Crippen MR) is 81.7 cm³/mol. The Labute approximate surface area is 115 Å². The quantitative estimate of drug-likeness (QED) is 0.450. The lowest BCUT2D eigenvalue weighted by Gasteiger charge is -2.22. The van der Waals surface area contributed by atoms with E-state index in [4.69, 9.17) is 13.8 Å². The molecule has 3 nitrogen and oxygen atoms in total. The zero-order chi connectivity index (χ0) is 14.0. The fourth-order valence-electron chi connectivity index (χ4n) is 2.08. The maximum atomic E-state index is 5.81. The van der Waals surface area contributed by atoms with Crippen LogP contribution in [0.25, 0.3) is 0 Å². The zero-order valence-electron chi connectivity index (χ0n) is 13.0. The first-order valence-corrected chi connectivity index (χ1v) is 8.92. The van der Waals surface area contributed by atoms with E-state index in [1.807, 2.05) is 13.8 Å². The van der Waals surface area contributed by atoms with Crippen molar-refractivity contribution in [1.82, 2.24) is 0 Å². The molecule has 0 bridgehead atoms. The molecule has 0 rings (SSSR count). The summed E-state index contributed by atoms with van der Waals surface area (Å²) in [6.07, 6.45) is 3.28. The van der Waals surface area contributed by atoms with Crippen LogP contribution in [0.5, 0.6) is 0 Å². The molecular formula is C14H31NO2Si. The van der Waals surface area contributed by atoms with E-state index in [-0.39, 0.29) is 5.67 Å². The van der Waals surface area contributed by atoms with Gasteiger partial charge in [0.15, 0.2) is 0 Å². The first kappa shape index (κ1) is 17.8. The van der Waals surface area contributed by atoms with Crippen LogP contribution in [-0.2, 0) is 8.85 Å². The Balaban J connectivity index is 4.67. The number of aliphatic imine (C=N–C) groups is 1. The van der Waals surface area contributed by atoms with Gasteiger partial charge in [-0.2, -0.15) is 0 Å². The van der Waals surface area contributed by atoms with Gasteiger partial charge in [0.1, 0.15) is 0 Å². The van der Waals surface area contributed by atoms with Crippen molar-refractivity contribution in [2.45, 2.75) is 66.5 Å². The lowest BCUT2D eigenvalue weighted by atomic mass is 10.1. The van der Waals surface area contributed by atoms with E-state index in [9.17, 15) is 0 Å². The number of hydrogen-bond acceptors (Lipinski definition) is 3. The second-order valence-electron chi connectivity index (χ2n) is 5.10. The molecule has 0 saturated carbocycles. The van der Waals surface area contributed by atoms with Crippen LogP contribution in [0.3, 0.4) is 0 Å². The van der Waals surface area contributed by atoms with E-state index in [2.05, 4.69) is 27.7 Å². The average Bonchev–Trinajstić information content (AvgIpc) is 2.27. The summed E-state index contributed by atoms with van der Waals surface area (Å²) in [5.41, 5.74) is 1.51. The van der Waals surface area contributed by atoms with Gasteiger partial charge < -0.3 is 8.85 Å². The topological polar surface area (TPSA) is 30.8 Å². The fraction of sp³-hybridized carbons (Fsp3) is 0.929. The highest BCUT2D eigenvalue weighted by Gasteiger charge is 2.24. The van der Waals surface area contributed by atoms with Crippen LogP contribution >= 0.6 is 0 Å². The molecule has 0 saturated heterocycles. The summed E-state index contributed by atoms with van der Waals surface area (Å²) in [4.78, 5) is 4.87. The molecule has 0 aliphatic heterocycles. The van der Waals surface area contributed by atoms with Crippen molar-refractivity contribution in [3.8, 4) is 0 Å². The minimum Gasteiger partial charge on any atom is -0.396 e. The summed E-state index contributed by atoms with van der Waals surface area (Å²) < 4.78 is 11.6. The highest BCUT2D eigenvalue weighted by atomic mass is 28.3. The number of rotatable bonds is 10. The molecule has 0 aromatic rings. The highest BCUT2D eigenvalue weighted by Crippen LogP contribution is 2.12. The molecule has 0 fully saturated rings. The first-order chi connectivity index (χ1) is 8.54. The second kappa shape index (κ2) is 10.7. The van der Waals surface area contributed by atoms with Gasteiger partial charge in [-0.25, -0.2) is 0 Å². The summed E-state index contributed by atoms with van der Waals surface area (Å²) in [6, 6.07) is 0. The molecule has 4 heteroatoms. The lowest BCUT2D eigenvalue weighted by Crippen LogP contribution is -2.37. The van der Waals surface area contributed by atoms with Gasteiger partial charge in [-0.15, -0.1) is 0 Å². The standard InChI is InChI=1S/C14H31NO2Si/c1-7-10-14(15-13(6)11-12(4)5)18(16-8-2)17-9-3/h12,14,18H,7-11H2,1-6H3/b15-13-. The monoisotopic (exact) mass is 273 g/mol. The molecular weight excluding hydrogens is 242 g/mol. The highest BCUT2D eigenvalue weighted by molar-refractivity contribution is 6.46. The minimum atomic E-state index is -1.66. The molecule has 0 aromatic heterocycles. The molecule has 0 N–H and O–H groups in total. The molecule has 0 aliphatic rings. The fourth-order valence-corrected chi connectivity index (χ4v) is 4.26. The molecule has 0 amide bonds. The van der Waals surface area contributed by atoms with E-state index >= 15 is 0 Å². The van der Waals surface area contributed by atoms with E-state index in [0.29, 0.717) is 5.92 Å². The van der Waals surface area contributed by atoms with Crippen LogP contribution < -0.4 is 0 Å². The Morgan fingerprint density at radius 3 is 2.06 bits per heavy atom. The van der Waals surface area contributed by atoms with Crippen molar-refractivity contribution in [1.29, 1.82) is 0 Å². The van der Waals surface area contributed by atoms with Gasteiger partial charge in [-0.3, -0.25) is 4.99 Å². The normalized spacial score (nSPS) is 14.6. The Hall–Kier alpha value is -0.193. The smallest absolute Gasteiger partial charge is 0.346 e. The molecule has 18 heavy (non-hydrogen) atoms. The van der Waals surface area contributed by atoms with Crippen molar-refractivity contribution in [3.63, 3.8) is 0 Å². The van der Waals surface area contributed by atoms with E-state index in [1.165, 1.54) is 5.71 Å². The molecule has 0 heterocycles. The molecule has 0 spiro atoms. The van der Waals surface area contributed by atoms with Crippen LogP contribution in [0.4, 0.5) is 0 Å². The van der Waals surface area contributed by atoms with Gasteiger partial charge >= 0.3 is 9.28 Å². The van der Waals surface area contributed by atoms with Crippen molar-refractivity contribution >= 4 is 15.0 Å². The van der Waals surface area contributed by atoms with Crippen LogP contribution in [-0.4, -0.2) is 33.9 Å². The van der Waals surface area contributed by atoms with Crippen molar-refractivity contribution in [2.24, 2.45) is 10.9 Å². The largest absolute Gasteiger partial charge is 0.396 e. The molecule has 0 radical (unpaired) electrons. The molecule has 108 valence electrons. The zero-order valence-corrected chi connectivity index (χ0v) is 14.2. The van der Waals surface area contributed by atoms with Crippen molar-refractivity contribution < 1.29 is 8.85 Å². The third-order valence-electron chi connectivity index (χ3n) is 2.65. The third kappa shape index (κ3) is 8.00. The lowest BCUT2D eigenvalue weighted by molar-refractivity contribution is 0.203. The summed E-state index contributed by atoms with van der Waals surface area (Å²) in [5.74, 6) is 0.662. The Bertz CT molecular complexity index is 226. The second-order valence-corrected chi connectivity index (χ2v) is 7.27. The maximum Gasteiger partial charge on any atom is 0.346 e. The number of nitrogens with zero attached hydrogens (tertiary/aromatic N) is 1. The summed E-state index contributed by atoms with van der Waals surface area (Å²) >= 11 is 0. The van der Waals surface area contributed by atoms with E-state index < -0.39 is 9.28 Å². The maximum absolute atomic E-state index is 5.81. The van der Waals surface area contributed by atoms with Crippen LogP contribution in [0.1, 0.15) is 60.8 Å². The van der Waals surface area contributed by atoms with Crippen molar-refractivity contribution in [3.05, 3.63) is 0 Å². The van der Waals surface area contributed by atoms with Gasteiger partial charge in [0.25, 0.3) is 0 Å². The molecule has 0 aromatic carbocycles. The van der Waals surface area contributed by atoms with Gasteiger partial charge in [0, 0.05) is 18.9 Å².